The number of hydrogen-bond acceptors (Lipinski definition) is 8. The SMILES string of the molecule is C/C=C(\C)C(=O)O[C@@H](C)[C@]1(O)CC[C@@]2(O)[C@]1(C)[C@H](OC(C)=O)C[C@@H]1[C@@]3(C)CC[C@H](O)CC3=CC[C@]12O. The highest BCUT2D eigenvalue weighted by atomic mass is 16.6. The number of aliphatic hydroxyl groups is 4. The van der Waals surface area contributed by atoms with Crippen LogP contribution in [0.15, 0.2) is 23.3 Å². The molecule has 36 heavy (non-hydrogen) atoms. The fourth-order valence-electron chi connectivity index (χ4n) is 8.16. The maximum Gasteiger partial charge on any atom is 0.333 e. The van der Waals surface area contributed by atoms with Crippen LogP contribution in [0.5, 0.6) is 0 Å². The van der Waals surface area contributed by atoms with Crippen LogP contribution in [0.25, 0.3) is 0 Å². The van der Waals surface area contributed by atoms with Crippen LogP contribution in [0.3, 0.4) is 0 Å². The fourth-order valence-corrected chi connectivity index (χ4v) is 8.16. The van der Waals surface area contributed by atoms with E-state index in [0.717, 1.165) is 5.57 Å². The van der Waals surface area contributed by atoms with Gasteiger partial charge in [-0.25, -0.2) is 4.79 Å². The number of carbonyl (C=O) groups excluding carboxylic acids is 2. The Kier molecular flexibility index (Phi) is 6.56. The van der Waals surface area contributed by atoms with Crippen LogP contribution >= 0.6 is 0 Å². The topological polar surface area (TPSA) is 134 Å². The van der Waals surface area contributed by atoms with Crippen LogP contribution in [0.4, 0.5) is 0 Å². The number of rotatable bonds is 4. The third kappa shape index (κ3) is 3.40. The number of aliphatic hydroxyl groups excluding tert-OH is 1. The molecule has 0 radical (unpaired) electrons. The van der Waals surface area contributed by atoms with Crippen molar-refractivity contribution in [3.63, 3.8) is 0 Å². The smallest absolute Gasteiger partial charge is 0.333 e. The third-order valence-electron chi connectivity index (χ3n) is 10.6. The van der Waals surface area contributed by atoms with Gasteiger partial charge in [-0.2, -0.15) is 0 Å². The van der Waals surface area contributed by atoms with Gasteiger partial charge in [0.15, 0.2) is 0 Å². The summed E-state index contributed by atoms with van der Waals surface area (Å²) in [6, 6.07) is 0. The van der Waals surface area contributed by atoms with Gasteiger partial charge in [-0.05, 0) is 71.1 Å². The lowest BCUT2D eigenvalue weighted by Crippen LogP contribution is -2.78. The predicted molar refractivity (Wildman–Crippen MR) is 132 cm³/mol. The summed E-state index contributed by atoms with van der Waals surface area (Å²) in [6.45, 7) is 9.93. The number of allylic oxidation sites excluding steroid dienone is 1. The van der Waals surface area contributed by atoms with Crippen LogP contribution in [0, 0.1) is 16.7 Å². The molecule has 0 saturated heterocycles. The van der Waals surface area contributed by atoms with E-state index in [1.54, 1.807) is 33.8 Å². The van der Waals surface area contributed by atoms with E-state index in [1.807, 2.05) is 6.08 Å². The van der Waals surface area contributed by atoms with Crippen molar-refractivity contribution in [1.29, 1.82) is 0 Å². The Morgan fingerprint density at radius 2 is 1.81 bits per heavy atom. The highest BCUT2D eigenvalue weighted by Crippen LogP contribution is 2.71. The first-order chi connectivity index (χ1) is 16.6. The molecule has 4 rings (SSSR count). The second-order valence-electron chi connectivity index (χ2n) is 12.1. The van der Waals surface area contributed by atoms with Gasteiger partial charge in [-0.15, -0.1) is 0 Å². The van der Waals surface area contributed by atoms with E-state index < -0.39 is 63.8 Å². The van der Waals surface area contributed by atoms with Gasteiger partial charge in [-0.1, -0.05) is 31.6 Å². The van der Waals surface area contributed by atoms with Gasteiger partial charge in [-0.3, -0.25) is 4.79 Å². The van der Waals surface area contributed by atoms with Crippen molar-refractivity contribution in [3.05, 3.63) is 23.3 Å². The average Bonchev–Trinajstić information content (AvgIpc) is 3.04. The van der Waals surface area contributed by atoms with Crippen molar-refractivity contribution >= 4 is 11.9 Å². The van der Waals surface area contributed by atoms with E-state index in [4.69, 9.17) is 9.47 Å². The molecule has 0 spiro atoms. The molecule has 0 unspecified atom stereocenters. The molecule has 3 fully saturated rings. The van der Waals surface area contributed by atoms with Crippen molar-refractivity contribution in [2.24, 2.45) is 16.7 Å². The van der Waals surface area contributed by atoms with Crippen LogP contribution in [-0.2, 0) is 19.1 Å². The summed E-state index contributed by atoms with van der Waals surface area (Å²) in [6.07, 6.45) is 3.39. The largest absolute Gasteiger partial charge is 0.462 e. The highest BCUT2D eigenvalue weighted by Gasteiger charge is 2.81. The molecule has 8 nitrogen and oxygen atoms in total. The van der Waals surface area contributed by atoms with Crippen molar-refractivity contribution in [2.75, 3.05) is 0 Å². The second-order valence-corrected chi connectivity index (χ2v) is 12.1. The monoisotopic (exact) mass is 506 g/mol. The van der Waals surface area contributed by atoms with E-state index in [2.05, 4.69) is 6.92 Å². The van der Waals surface area contributed by atoms with Crippen molar-refractivity contribution in [1.82, 2.24) is 0 Å². The number of fused-ring (bicyclic) bond motifs is 5. The maximum atomic E-state index is 12.6. The molecule has 3 saturated carbocycles. The minimum Gasteiger partial charge on any atom is -0.462 e. The van der Waals surface area contributed by atoms with Gasteiger partial charge in [0.1, 0.15) is 29.0 Å². The van der Waals surface area contributed by atoms with Crippen molar-refractivity contribution in [3.8, 4) is 0 Å². The molecule has 0 aromatic carbocycles. The van der Waals surface area contributed by atoms with Crippen molar-refractivity contribution < 1.29 is 39.5 Å². The van der Waals surface area contributed by atoms with Gasteiger partial charge < -0.3 is 29.9 Å². The Morgan fingerprint density at radius 3 is 2.42 bits per heavy atom. The van der Waals surface area contributed by atoms with Crippen molar-refractivity contribution in [2.45, 2.75) is 122 Å². The molecular weight excluding hydrogens is 464 g/mol. The Balaban J connectivity index is 1.83. The summed E-state index contributed by atoms with van der Waals surface area (Å²) in [5.41, 5.74) is -5.76. The molecule has 9 atom stereocenters. The summed E-state index contributed by atoms with van der Waals surface area (Å²) < 4.78 is 11.5. The number of esters is 2. The Bertz CT molecular complexity index is 1000. The average molecular weight is 507 g/mol. The zero-order valence-corrected chi connectivity index (χ0v) is 22.3. The molecule has 0 bridgehead atoms. The number of ether oxygens (including phenoxy) is 2. The van der Waals surface area contributed by atoms with Crippen LogP contribution < -0.4 is 0 Å². The quantitative estimate of drug-likeness (QED) is 0.260. The third-order valence-corrected chi connectivity index (χ3v) is 10.6. The predicted octanol–water partition coefficient (Wildman–Crippen LogP) is 2.71. The lowest BCUT2D eigenvalue weighted by atomic mass is 9.42. The second kappa shape index (κ2) is 8.65. The Hall–Kier alpha value is -1.74. The molecule has 8 heteroatoms. The number of hydrogen-bond donors (Lipinski definition) is 4. The minimum atomic E-state index is -1.82. The van der Waals surface area contributed by atoms with Gasteiger partial charge in [0, 0.05) is 18.4 Å². The Morgan fingerprint density at radius 1 is 1.14 bits per heavy atom. The van der Waals surface area contributed by atoms with Gasteiger partial charge in [0.25, 0.3) is 0 Å². The van der Waals surface area contributed by atoms with E-state index in [-0.39, 0.29) is 25.7 Å². The lowest BCUT2D eigenvalue weighted by molar-refractivity contribution is -0.326. The van der Waals surface area contributed by atoms with E-state index >= 15 is 0 Å². The molecule has 0 aliphatic heterocycles. The summed E-state index contributed by atoms with van der Waals surface area (Å²) in [5.74, 6) is -1.58. The molecule has 4 aliphatic carbocycles. The molecule has 4 aliphatic rings. The molecule has 0 aromatic heterocycles. The minimum absolute atomic E-state index is 0.0527. The van der Waals surface area contributed by atoms with Gasteiger partial charge in [0.2, 0.25) is 0 Å². The normalized spacial score (nSPS) is 47.1. The van der Waals surface area contributed by atoms with E-state index in [0.29, 0.717) is 24.8 Å². The fraction of sp³-hybridized carbons (Fsp3) is 0.786. The van der Waals surface area contributed by atoms with E-state index in [9.17, 15) is 30.0 Å². The molecule has 202 valence electrons. The summed E-state index contributed by atoms with van der Waals surface area (Å²) in [4.78, 5) is 24.9. The standard InChI is InChI=1S/C28H42O8/c1-7-16(2)23(31)35-17(3)26(32)12-13-28(34)25(26,6)22(36-18(4)29)15-21-24(5)10-9-20(30)14-19(24)8-11-27(21,28)33/h7-8,17,20-22,30,32-34H,9-15H2,1-6H3/b16-7+/t17-,20-,21+,22+,24-,25+,26+,27-,28+/m0/s1. The molecular formula is C28H42O8. The summed E-state index contributed by atoms with van der Waals surface area (Å²) >= 11 is 0. The summed E-state index contributed by atoms with van der Waals surface area (Å²) in [7, 11) is 0. The maximum absolute atomic E-state index is 12.6. The summed E-state index contributed by atoms with van der Waals surface area (Å²) in [5, 5.41) is 47.4. The molecule has 0 aromatic rings. The van der Waals surface area contributed by atoms with Gasteiger partial charge >= 0.3 is 11.9 Å². The zero-order valence-electron chi connectivity index (χ0n) is 22.3. The first-order valence-electron chi connectivity index (χ1n) is 13.2. The lowest BCUT2D eigenvalue weighted by Gasteiger charge is -2.67. The Labute approximate surface area is 213 Å². The first-order valence-corrected chi connectivity index (χ1v) is 13.2. The zero-order chi connectivity index (χ0) is 26.9. The van der Waals surface area contributed by atoms with Crippen LogP contribution in [0.2, 0.25) is 0 Å². The molecule has 0 amide bonds. The highest BCUT2D eigenvalue weighted by molar-refractivity contribution is 5.87. The first kappa shape index (κ1) is 27.3. The number of carbonyl (C=O) groups is 2. The molecule has 4 N–H and O–H groups in total. The molecule has 0 heterocycles. The van der Waals surface area contributed by atoms with Gasteiger partial charge in [0.05, 0.1) is 11.5 Å². The van der Waals surface area contributed by atoms with Crippen LogP contribution in [0.1, 0.15) is 86.5 Å². The van der Waals surface area contributed by atoms with E-state index in [1.165, 1.54) is 6.92 Å². The van der Waals surface area contributed by atoms with Crippen LogP contribution in [-0.4, -0.2) is 67.5 Å².